The van der Waals surface area contributed by atoms with Gasteiger partial charge in [-0.15, -0.1) is 0 Å². The maximum atomic E-state index is 5.75. The minimum Gasteiger partial charge on any atom is -0.326 e. The zero-order valence-corrected chi connectivity index (χ0v) is 5.66. The van der Waals surface area contributed by atoms with Crippen molar-refractivity contribution in [2.24, 2.45) is 11.7 Å². The van der Waals surface area contributed by atoms with Crippen LogP contribution in [0.1, 0.15) is 12.8 Å². The minimum atomic E-state index is 0.572. The van der Waals surface area contributed by atoms with Crippen molar-refractivity contribution in [3.05, 3.63) is 0 Å². The highest BCUT2D eigenvalue weighted by atomic mass is 32.2. The topological polar surface area (TPSA) is 26.0 Å². The quantitative estimate of drug-likeness (QED) is 0.524. The zero-order valence-electron chi connectivity index (χ0n) is 4.84. The van der Waals surface area contributed by atoms with Crippen molar-refractivity contribution in [1.82, 2.24) is 0 Å². The zero-order chi connectivity index (χ0) is 5.56. The van der Waals surface area contributed by atoms with Crippen LogP contribution in [0.3, 0.4) is 0 Å². The summed E-state index contributed by atoms with van der Waals surface area (Å²) in [7, 11) is 0. The van der Waals surface area contributed by atoms with Crippen LogP contribution in [-0.4, -0.2) is 17.0 Å². The average Bonchev–Trinajstić information content (AvgIpc) is 2.46. The Morgan fingerprint density at radius 1 is 1.50 bits per heavy atom. The molecular weight excluding hydrogens is 118 g/mol. The maximum Gasteiger partial charge on any atom is 0.0245 e. The summed E-state index contributed by atoms with van der Waals surface area (Å²) in [6.45, 7) is 0. The van der Waals surface area contributed by atoms with Crippen LogP contribution in [0, 0.1) is 5.92 Å². The molecule has 3 atom stereocenters. The Kier molecular flexibility index (Phi) is 1.05. The number of thioether (sulfide) groups is 1. The molecule has 0 radical (unpaired) electrons. The van der Waals surface area contributed by atoms with Gasteiger partial charge in [0.2, 0.25) is 0 Å². The largest absolute Gasteiger partial charge is 0.326 e. The third-order valence-corrected chi connectivity index (χ3v) is 3.72. The highest BCUT2D eigenvalue weighted by molar-refractivity contribution is 8.00. The molecule has 2 N–H and O–H groups in total. The molecule has 2 heteroatoms. The van der Waals surface area contributed by atoms with Crippen molar-refractivity contribution in [3.63, 3.8) is 0 Å². The molecule has 1 nitrogen and oxygen atoms in total. The molecule has 8 heavy (non-hydrogen) atoms. The average molecular weight is 129 g/mol. The Bertz CT molecular complexity index is 92.7. The first-order valence-corrected chi connectivity index (χ1v) is 4.31. The van der Waals surface area contributed by atoms with Crippen molar-refractivity contribution < 1.29 is 0 Å². The molecule has 1 saturated heterocycles. The first kappa shape index (κ1) is 5.12. The molecule has 0 aromatic rings. The van der Waals surface area contributed by atoms with Gasteiger partial charge in [0.15, 0.2) is 0 Å². The Balaban J connectivity index is 1.97. The summed E-state index contributed by atoms with van der Waals surface area (Å²) in [6.07, 6.45) is 2.80. The number of nitrogens with two attached hydrogens (primary N) is 1. The SMILES string of the molecule is NC1C2CCCSC12. The van der Waals surface area contributed by atoms with E-state index >= 15 is 0 Å². The van der Waals surface area contributed by atoms with Gasteiger partial charge < -0.3 is 5.73 Å². The van der Waals surface area contributed by atoms with Gasteiger partial charge in [-0.2, -0.15) is 11.8 Å². The van der Waals surface area contributed by atoms with Crippen molar-refractivity contribution in [2.45, 2.75) is 24.1 Å². The van der Waals surface area contributed by atoms with E-state index in [4.69, 9.17) is 5.73 Å². The van der Waals surface area contributed by atoms with Gasteiger partial charge in [-0.05, 0) is 24.5 Å². The molecule has 46 valence electrons. The smallest absolute Gasteiger partial charge is 0.0245 e. The molecule has 2 fully saturated rings. The van der Waals surface area contributed by atoms with Crippen LogP contribution in [0.2, 0.25) is 0 Å². The predicted molar refractivity (Wildman–Crippen MR) is 36.9 cm³/mol. The molecular formula is C6H11NS. The monoisotopic (exact) mass is 129 g/mol. The Morgan fingerprint density at radius 3 is 2.88 bits per heavy atom. The van der Waals surface area contributed by atoms with E-state index in [1.807, 2.05) is 0 Å². The van der Waals surface area contributed by atoms with Crippen molar-refractivity contribution in [1.29, 1.82) is 0 Å². The maximum absolute atomic E-state index is 5.75. The van der Waals surface area contributed by atoms with Crippen LogP contribution >= 0.6 is 11.8 Å². The summed E-state index contributed by atoms with van der Waals surface area (Å²) in [5, 5.41) is 0.865. The van der Waals surface area contributed by atoms with Gasteiger partial charge in [0, 0.05) is 11.3 Å². The van der Waals surface area contributed by atoms with Gasteiger partial charge in [-0.3, -0.25) is 0 Å². The van der Waals surface area contributed by atoms with Gasteiger partial charge in [0.05, 0.1) is 0 Å². The van der Waals surface area contributed by atoms with E-state index in [9.17, 15) is 0 Å². The molecule has 0 amide bonds. The van der Waals surface area contributed by atoms with Gasteiger partial charge in [-0.25, -0.2) is 0 Å². The van der Waals surface area contributed by atoms with Crippen LogP contribution in [0.25, 0.3) is 0 Å². The predicted octanol–water partition coefficient (Wildman–Crippen LogP) is 0.839. The molecule has 0 bridgehead atoms. The fraction of sp³-hybridized carbons (Fsp3) is 1.00. The number of hydrogen-bond acceptors (Lipinski definition) is 2. The van der Waals surface area contributed by atoms with E-state index in [0.717, 1.165) is 11.2 Å². The summed E-state index contributed by atoms with van der Waals surface area (Å²) in [5.41, 5.74) is 5.75. The van der Waals surface area contributed by atoms with E-state index in [0.29, 0.717) is 6.04 Å². The normalized spacial score (nSPS) is 52.9. The first-order chi connectivity index (χ1) is 3.89. The highest BCUT2D eigenvalue weighted by Crippen LogP contribution is 2.47. The third-order valence-electron chi connectivity index (χ3n) is 2.15. The Labute approximate surface area is 54.0 Å². The second-order valence-electron chi connectivity index (χ2n) is 2.72. The molecule has 2 rings (SSSR count). The lowest BCUT2D eigenvalue weighted by molar-refractivity contribution is 0.680. The van der Waals surface area contributed by atoms with Crippen LogP contribution in [-0.2, 0) is 0 Å². The molecule has 0 aromatic heterocycles. The van der Waals surface area contributed by atoms with E-state index in [1.54, 1.807) is 0 Å². The number of fused-ring (bicyclic) bond motifs is 1. The van der Waals surface area contributed by atoms with Crippen LogP contribution in [0.15, 0.2) is 0 Å². The Hall–Kier alpha value is 0.310. The summed E-state index contributed by atoms with van der Waals surface area (Å²) in [4.78, 5) is 0. The fourth-order valence-electron chi connectivity index (χ4n) is 1.50. The first-order valence-electron chi connectivity index (χ1n) is 3.27. The lowest BCUT2D eigenvalue weighted by Crippen LogP contribution is -2.02. The van der Waals surface area contributed by atoms with Gasteiger partial charge in [0.1, 0.15) is 0 Å². The summed E-state index contributed by atoms with van der Waals surface area (Å²) in [6, 6.07) is 0.572. The molecule has 2 aliphatic rings. The minimum absolute atomic E-state index is 0.572. The summed E-state index contributed by atoms with van der Waals surface area (Å²) in [5.74, 6) is 2.27. The molecule has 1 heterocycles. The highest BCUT2D eigenvalue weighted by Gasteiger charge is 2.48. The number of hydrogen-bond donors (Lipinski definition) is 1. The molecule has 1 aliphatic heterocycles. The van der Waals surface area contributed by atoms with Crippen LogP contribution in [0.4, 0.5) is 0 Å². The lowest BCUT2D eigenvalue weighted by Gasteiger charge is -2.04. The van der Waals surface area contributed by atoms with Crippen molar-refractivity contribution >= 4 is 11.8 Å². The van der Waals surface area contributed by atoms with Crippen LogP contribution in [0.5, 0.6) is 0 Å². The van der Waals surface area contributed by atoms with Gasteiger partial charge in [-0.1, -0.05) is 0 Å². The van der Waals surface area contributed by atoms with Crippen molar-refractivity contribution in [2.75, 3.05) is 5.75 Å². The summed E-state index contributed by atoms with van der Waals surface area (Å²) < 4.78 is 0. The Morgan fingerprint density at radius 2 is 2.38 bits per heavy atom. The van der Waals surface area contributed by atoms with E-state index in [2.05, 4.69) is 11.8 Å². The van der Waals surface area contributed by atoms with E-state index in [-0.39, 0.29) is 0 Å². The standard InChI is InChI=1S/C6H11NS/c7-5-4-2-1-3-8-6(4)5/h4-6H,1-3,7H2. The van der Waals surface area contributed by atoms with E-state index < -0.39 is 0 Å². The second-order valence-corrected chi connectivity index (χ2v) is 4.00. The molecule has 0 spiro atoms. The second kappa shape index (κ2) is 1.64. The molecule has 1 aliphatic carbocycles. The lowest BCUT2D eigenvalue weighted by atomic mass is 10.2. The van der Waals surface area contributed by atoms with Gasteiger partial charge in [0.25, 0.3) is 0 Å². The molecule has 3 unspecified atom stereocenters. The van der Waals surface area contributed by atoms with Gasteiger partial charge >= 0.3 is 0 Å². The molecule has 1 saturated carbocycles. The van der Waals surface area contributed by atoms with E-state index in [1.165, 1.54) is 18.6 Å². The molecule has 0 aromatic carbocycles. The van der Waals surface area contributed by atoms with Crippen LogP contribution < -0.4 is 5.73 Å². The fourth-order valence-corrected chi connectivity index (χ4v) is 3.00. The number of rotatable bonds is 0. The van der Waals surface area contributed by atoms with Crippen molar-refractivity contribution in [3.8, 4) is 0 Å². The third kappa shape index (κ3) is 0.594. The summed E-state index contributed by atoms with van der Waals surface area (Å²) >= 11 is 2.08.